The molecule has 122 valence electrons. The molecule has 0 aromatic carbocycles. The van der Waals surface area contributed by atoms with Crippen molar-refractivity contribution in [2.45, 2.75) is 38.6 Å². The van der Waals surface area contributed by atoms with Crippen LogP contribution in [-0.4, -0.2) is 46.8 Å². The Morgan fingerprint density at radius 2 is 2.00 bits per heavy atom. The monoisotopic (exact) mass is 308 g/mol. The van der Waals surface area contributed by atoms with Crippen molar-refractivity contribution in [3.8, 4) is 5.75 Å². The fraction of sp³-hybridized carbons (Fsp3) is 0.625. The van der Waals surface area contributed by atoms with E-state index in [1.54, 1.807) is 12.1 Å². The number of ether oxygens (including phenoxy) is 1. The predicted octanol–water partition coefficient (Wildman–Crippen LogP) is 1.53. The number of carboxylic acids is 1. The molecule has 1 aliphatic rings. The number of aliphatic carboxylic acids is 1. The average molecular weight is 308 g/mol. The topological polar surface area (TPSA) is 71.8 Å². The van der Waals surface area contributed by atoms with Crippen LogP contribution in [0.25, 0.3) is 0 Å². The molecule has 0 amide bonds. The quantitative estimate of drug-likeness (QED) is 0.863. The van der Waals surface area contributed by atoms with E-state index in [4.69, 9.17) is 4.74 Å². The summed E-state index contributed by atoms with van der Waals surface area (Å²) in [5.41, 5.74) is -1.71. The molecule has 0 unspecified atom stereocenters. The fourth-order valence-electron chi connectivity index (χ4n) is 2.59. The highest BCUT2D eigenvalue weighted by Crippen LogP contribution is 2.15. The number of carboxylic acid groups (broad SMARTS) is 1. The molecule has 22 heavy (non-hydrogen) atoms. The van der Waals surface area contributed by atoms with Crippen LogP contribution in [0.2, 0.25) is 0 Å². The van der Waals surface area contributed by atoms with Crippen LogP contribution in [0.4, 0.5) is 0 Å². The minimum atomic E-state index is -1.30. The van der Waals surface area contributed by atoms with Crippen LogP contribution in [-0.2, 0) is 10.3 Å². The Bertz CT molecular complexity index is 574. The molecule has 0 aliphatic carbocycles. The molecular formula is C16H24N2O4. The smallest absolute Gasteiger partial charge is 0.329 e. The van der Waals surface area contributed by atoms with Crippen LogP contribution in [0.3, 0.4) is 0 Å². The highest BCUT2D eigenvalue weighted by Gasteiger charge is 2.30. The summed E-state index contributed by atoms with van der Waals surface area (Å²) in [7, 11) is 0. The Morgan fingerprint density at radius 1 is 1.32 bits per heavy atom. The Balaban J connectivity index is 2.03. The van der Waals surface area contributed by atoms with Crippen molar-refractivity contribution in [2.75, 3.05) is 26.2 Å². The van der Waals surface area contributed by atoms with Gasteiger partial charge in [-0.15, -0.1) is 0 Å². The van der Waals surface area contributed by atoms with Gasteiger partial charge in [0.1, 0.15) is 12.1 Å². The molecule has 0 radical (unpaired) electrons. The van der Waals surface area contributed by atoms with Crippen molar-refractivity contribution in [3.63, 3.8) is 0 Å². The van der Waals surface area contributed by atoms with E-state index in [-0.39, 0.29) is 5.75 Å². The van der Waals surface area contributed by atoms with Gasteiger partial charge in [0.05, 0.1) is 0 Å². The number of nitrogens with zero attached hydrogens (tertiary/aromatic N) is 2. The van der Waals surface area contributed by atoms with Gasteiger partial charge < -0.3 is 9.84 Å². The molecule has 0 bridgehead atoms. The van der Waals surface area contributed by atoms with Crippen molar-refractivity contribution < 1.29 is 14.6 Å². The largest absolute Gasteiger partial charge is 0.487 e. The van der Waals surface area contributed by atoms with E-state index in [0.717, 1.165) is 19.6 Å². The summed E-state index contributed by atoms with van der Waals surface area (Å²) in [6.45, 7) is 6.37. The highest BCUT2D eigenvalue weighted by molar-refractivity contribution is 5.75. The molecule has 2 rings (SSSR count). The minimum absolute atomic E-state index is 0.203. The summed E-state index contributed by atoms with van der Waals surface area (Å²) in [4.78, 5) is 26.0. The maximum Gasteiger partial charge on any atom is 0.329 e. The maximum atomic E-state index is 12.4. The van der Waals surface area contributed by atoms with Crippen LogP contribution in [0, 0.1) is 0 Å². The molecular weight excluding hydrogens is 284 g/mol. The van der Waals surface area contributed by atoms with Crippen molar-refractivity contribution in [2.24, 2.45) is 0 Å². The van der Waals surface area contributed by atoms with Crippen molar-refractivity contribution >= 4 is 5.97 Å². The molecule has 1 aromatic heterocycles. The number of likely N-dealkylation sites (tertiary alicyclic amines) is 1. The van der Waals surface area contributed by atoms with Crippen LogP contribution in [0.15, 0.2) is 23.1 Å². The molecule has 1 N–H and O–H groups in total. The van der Waals surface area contributed by atoms with Gasteiger partial charge >= 0.3 is 5.97 Å². The normalized spacial score (nSPS) is 16.5. The first-order valence-corrected chi connectivity index (χ1v) is 7.73. The zero-order valence-electron chi connectivity index (χ0n) is 13.2. The second-order valence-electron chi connectivity index (χ2n) is 6.16. The SMILES string of the molecule is CC(C)(C(=O)O)n1cccc(OCCN2CCCCC2)c1=O. The molecule has 6 heteroatoms. The van der Waals surface area contributed by atoms with E-state index < -0.39 is 17.1 Å². The van der Waals surface area contributed by atoms with Gasteiger partial charge in [-0.3, -0.25) is 14.3 Å². The second-order valence-corrected chi connectivity index (χ2v) is 6.16. The maximum absolute atomic E-state index is 12.4. The van der Waals surface area contributed by atoms with Gasteiger partial charge in [-0.2, -0.15) is 0 Å². The zero-order valence-corrected chi connectivity index (χ0v) is 13.2. The lowest BCUT2D eigenvalue weighted by atomic mass is 10.1. The standard InChI is InChI=1S/C16H24N2O4/c1-16(2,15(20)21)18-10-6-7-13(14(18)19)22-12-11-17-8-4-3-5-9-17/h6-7,10H,3-5,8-9,11-12H2,1-2H3,(H,20,21). The number of hydrogen-bond donors (Lipinski definition) is 1. The van der Waals surface area contributed by atoms with Gasteiger partial charge in [0, 0.05) is 12.7 Å². The number of aromatic nitrogens is 1. The first-order chi connectivity index (χ1) is 10.4. The number of hydrogen-bond acceptors (Lipinski definition) is 4. The van der Waals surface area contributed by atoms with Crippen molar-refractivity contribution in [1.29, 1.82) is 0 Å². The molecule has 6 nitrogen and oxygen atoms in total. The summed E-state index contributed by atoms with van der Waals surface area (Å²) in [6.07, 6.45) is 5.19. The molecule has 1 saturated heterocycles. The molecule has 1 aromatic rings. The van der Waals surface area contributed by atoms with E-state index >= 15 is 0 Å². The minimum Gasteiger partial charge on any atom is -0.487 e. The van der Waals surface area contributed by atoms with Crippen LogP contribution >= 0.6 is 0 Å². The van der Waals surface area contributed by atoms with Crippen LogP contribution in [0.5, 0.6) is 5.75 Å². The van der Waals surface area contributed by atoms with Crippen molar-refractivity contribution in [3.05, 3.63) is 28.7 Å². The van der Waals surface area contributed by atoms with E-state index in [0.29, 0.717) is 6.61 Å². The Hall–Kier alpha value is -1.82. The van der Waals surface area contributed by atoms with Gasteiger partial charge in [0.2, 0.25) is 0 Å². The zero-order chi connectivity index (χ0) is 16.2. The first kappa shape index (κ1) is 16.5. The Kier molecular flexibility index (Phi) is 5.24. The third kappa shape index (κ3) is 3.68. The lowest BCUT2D eigenvalue weighted by Gasteiger charge is -2.26. The molecule has 2 heterocycles. The molecule has 1 fully saturated rings. The van der Waals surface area contributed by atoms with E-state index in [1.807, 2.05) is 0 Å². The fourth-order valence-corrected chi connectivity index (χ4v) is 2.59. The van der Waals surface area contributed by atoms with Crippen LogP contribution < -0.4 is 10.3 Å². The van der Waals surface area contributed by atoms with Crippen molar-refractivity contribution in [1.82, 2.24) is 9.47 Å². The number of pyridine rings is 1. The Morgan fingerprint density at radius 3 is 2.64 bits per heavy atom. The van der Waals surface area contributed by atoms with Gasteiger partial charge in [0.25, 0.3) is 5.56 Å². The summed E-state index contributed by atoms with van der Waals surface area (Å²) in [6, 6.07) is 3.23. The summed E-state index contributed by atoms with van der Waals surface area (Å²) in [5.74, 6) is -0.853. The highest BCUT2D eigenvalue weighted by atomic mass is 16.5. The number of rotatable bonds is 6. The first-order valence-electron chi connectivity index (χ1n) is 7.73. The van der Waals surface area contributed by atoms with E-state index in [2.05, 4.69) is 4.90 Å². The number of piperidine rings is 1. The molecule has 1 aliphatic heterocycles. The third-order valence-corrected chi connectivity index (χ3v) is 4.15. The molecule has 0 saturated carbocycles. The van der Waals surface area contributed by atoms with Gasteiger partial charge in [-0.25, -0.2) is 4.79 Å². The Labute approximate surface area is 130 Å². The lowest BCUT2D eigenvalue weighted by Crippen LogP contribution is -2.42. The lowest BCUT2D eigenvalue weighted by molar-refractivity contribution is -0.145. The van der Waals surface area contributed by atoms with Crippen LogP contribution in [0.1, 0.15) is 33.1 Å². The number of carbonyl (C=O) groups is 1. The summed E-state index contributed by atoms with van der Waals surface area (Å²) < 4.78 is 6.79. The molecule has 0 atom stereocenters. The van der Waals surface area contributed by atoms with Gasteiger partial charge in [-0.05, 0) is 51.9 Å². The molecule has 0 spiro atoms. The van der Waals surface area contributed by atoms with Gasteiger partial charge in [-0.1, -0.05) is 6.42 Å². The predicted molar refractivity (Wildman–Crippen MR) is 83.4 cm³/mol. The summed E-state index contributed by atoms with van der Waals surface area (Å²) >= 11 is 0. The second kappa shape index (κ2) is 6.96. The summed E-state index contributed by atoms with van der Waals surface area (Å²) in [5, 5.41) is 9.25. The van der Waals surface area contributed by atoms with E-state index in [1.165, 1.54) is 43.9 Å². The van der Waals surface area contributed by atoms with E-state index in [9.17, 15) is 14.7 Å². The third-order valence-electron chi connectivity index (χ3n) is 4.15. The van der Waals surface area contributed by atoms with Gasteiger partial charge in [0.15, 0.2) is 5.75 Å². The average Bonchev–Trinajstić information content (AvgIpc) is 2.49.